The quantitative estimate of drug-likeness (QED) is 0.376. The maximum Gasteiger partial charge on any atom is 0.295 e. The van der Waals surface area contributed by atoms with Crippen molar-refractivity contribution in [3.63, 3.8) is 0 Å². The Hall–Kier alpha value is -3.15. The first-order chi connectivity index (χ1) is 13.6. The number of amides is 1. The molecule has 2 aromatic carbocycles. The van der Waals surface area contributed by atoms with Gasteiger partial charge in [0.2, 0.25) is 5.88 Å². The van der Waals surface area contributed by atoms with Gasteiger partial charge in [-0.3, -0.25) is 4.79 Å². The minimum atomic E-state index is -0.461. The van der Waals surface area contributed by atoms with Crippen LogP contribution in [0.5, 0.6) is 11.6 Å². The van der Waals surface area contributed by atoms with Crippen LogP contribution in [0.2, 0.25) is 0 Å². The highest BCUT2D eigenvalue weighted by Crippen LogP contribution is 2.39. The first kappa shape index (κ1) is 19.6. The van der Waals surface area contributed by atoms with Crippen molar-refractivity contribution in [2.45, 2.75) is 39.0 Å². The first-order valence-electron chi connectivity index (χ1n) is 9.56. The maximum atomic E-state index is 12.2. The van der Waals surface area contributed by atoms with E-state index in [1.165, 1.54) is 12.8 Å². The molecule has 2 N–H and O–H groups in total. The highest BCUT2D eigenvalue weighted by molar-refractivity contribution is 5.98. The van der Waals surface area contributed by atoms with E-state index in [9.17, 15) is 9.90 Å². The number of carbonyl (C=O) groups excluding carboxylic acids is 1. The number of aromatic hydroxyl groups is 1. The van der Waals surface area contributed by atoms with Crippen molar-refractivity contribution in [1.82, 2.24) is 4.98 Å². The predicted octanol–water partition coefficient (Wildman–Crippen LogP) is 5.93. The molecule has 6 nitrogen and oxygen atoms in total. The summed E-state index contributed by atoms with van der Waals surface area (Å²) in [6.07, 6.45) is 5.45. The molecule has 28 heavy (non-hydrogen) atoms. The summed E-state index contributed by atoms with van der Waals surface area (Å²) in [4.78, 5) is 15.2. The van der Waals surface area contributed by atoms with Gasteiger partial charge < -0.3 is 14.8 Å². The third-order valence-corrected chi connectivity index (χ3v) is 4.71. The van der Waals surface area contributed by atoms with Crippen LogP contribution in [-0.4, -0.2) is 23.1 Å². The number of H-pyrrole nitrogens is 1. The number of methoxy groups -OCH3 is 1. The molecule has 0 aliphatic rings. The summed E-state index contributed by atoms with van der Waals surface area (Å²) in [7, 11) is 1.61. The van der Waals surface area contributed by atoms with Crippen LogP contribution in [-0.2, 0) is 6.42 Å². The largest absolute Gasteiger partial charge is 0.497 e. The lowest BCUT2D eigenvalue weighted by atomic mass is 10.0. The third-order valence-electron chi connectivity index (χ3n) is 4.71. The zero-order chi connectivity index (χ0) is 19.9. The minimum absolute atomic E-state index is 0.109. The normalized spacial score (nSPS) is 11.4. The third kappa shape index (κ3) is 4.39. The lowest BCUT2D eigenvalue weighted by molar-refractivity contribution is 0.0995. The Morgan fingerprint density at radius 3 is 2.64 bits per heavy atom. The zero-order valence-electron chi connectivity index (χ0n) is 16.2. The average Bonchev–Trinajstić information content (AvgIpc) is 3.05. The predicted molar refractivity (Wildman–Crippen MR) is 110 cm³/mol. The van der Waals surface area contributed by atoms with Crippen molar-refractivity contribution >= 4 is 22.5 Å². The summed E-state index contributed by atoms with van der Waals surface area (Å²) >= 11 is 0. The Kier molecular flexibility index (Phi) is 6.42. The van der Waals surface area contributed by atoms with Gasteiger partial charge >= 0.3 is 0 Å². The van der Waals surface area contributed by atoms with Gasteiger partial charge in [-0.2, -0.15) is 0 Å². The van der Waals surface area contributed by atoms with Crippen LogP contribution < -0.4 is 4.74 Å². The minimum Gasteiger partial charge on any atom is -0.497 e. The second-order valence-electron chi connectivity index (χ2n) is 6.71. The van der Waals surface area contributed by atoms with Crippen molar-refractivity contribution in [1.29, 1.82) is 0 Å². The molecule has 0 fully saturated rings. The molecule has 0 bridgehead atoms. The van der Waals surface area contributed by atoms with Crippen LogP contribution in [0.4, 0.5) is 5.69 Å². The smallest absolute Gasteiger partial charge is 0.295 e. The molecule has 0 spiro atoms. The van der Waals surface area contributed by atoms with Gasteiger partial charge in [-0.25, -0.2) is 0 Å². The fourth-order valence-corrected chi connectivity index (χ4v) is 3.20. The number of carbonyl (C=O) groups is 1. The summed E-state index contributed by atoms with van der Waals surface area (Å²) in [5.41, 5.74) is 2.54. The number of aromatic nitrogens is 1. The number of unbranched alkanes of at least 4 members (excludes halogenated alkanes) is 3. The van der Waals surface area contributed by atoms with Gasteiger partial charge in [-0.1, -0.05) is 44.4 Å². The van der Waals surface area contributed by atoms with Crippen molar-refractivity contribution in [3.05, 3.63) is 53.6 Å². The summed E-state index contributed by atoms with van der Waals surface area (Å²) in [6.45, 7) is 2.18. The number of azo groups is 1. The van der Waals surface area contributed by atoms with E-state index < -0.39 is 5.91 Å². The van der Waals surface area contributed by atoms with Gasteiger partial charge in [0.15, 0.2) is 5.69 Å². The Morgan fingerprint density at radius 2 is 1.93 bits per heavy atom. The number of aromatic amines is 1. The van der Waals surface area contributed by atoms with Gasteiger partial charge in [0.25, 0.3) is 5.91 Å². The van der Waals surface area contributed by atoms with Gasteiger partial charge in [0.05, 0.1) is 12.6 Å². The zero-order valence-corrected chi connectivity index (χ0v) is 16.2. The first-order valence-corrected chi connectivity index (χ1v) is 9.56. The molecular formula is C22H25N3O3. The summed E-state index contributed by atoms with van der Waals surface area (Å²) < 4.78 is 5.41. The number of benzene rings is 2. The van der Waals surface area contributed by atoms with Gasteiger partial charge in [0.1, 0.15) is 5.75 Å². The molecule has 146 valence electrons. The Labute approximate surface area is 164 Å². The number of ether oxygens (including phenoxy) is 1. The SMILES string of the molecule is CCCCCCc1cc(OC)cc2c(N=NC(=O)c3ccccc3)c(O)[nH]c12. The van der Waals surface area contributed by atoms with Crippen molar-refractivity contribution in [2.24, 2.45) is 10.2 Å². The van der Waals surface area contributed by atoms with Crippen LogP contribution >= 0.6 is 0 Å². The Bertz CT molecular complexity index is 978. The number of nitrogens with zero attached hydrogens (tertiary/aromatic N) is 2. The van der Waals surface area contributed by atoms with Crippen molar-refractivity contribution in [3.8, 4) is 11.6 Å². The molecule has 0 aliphatic heterocycles. The number of fused-ring (bicyclic) bond motifs is 1. The number of hydrogen-bond donors (Lipinski definition) is 2. The Balaban J connectivity index is 1.93. The van der Waals surface area contributed by atoms with E-state index in [2.05, 4.69) is 22.1 Å². The van der Waals surface area contributed by atoms with Crippen molar-refractivity contribution < 1.29 is 14.6 Å². The topological polar surface area (TPSA) is 87.0 Å². The summed E-state index contributed by atoms with van der Waals surface area (Å²) in [6, 6.07) is 12.5. The molecule has 3 aromatic rings. The van der Waals surface area contributed by atoms with Gasteiger partial charge in [-0.15, -0.1) is 10.2 Å². The van der Waals surface area contributed by atoms with E-state index in [1.807, 2.05) is 12.1 Å². The van der Waals surface area contributed by atoms with E-state index in [4.69, 9.17) is 4.74 Å². The molecule has 0 aliphatic carbocycles. The highest BCUT2D eigenvalue weighted by atomic mass is 16.5. The fourth-order valence-electron chi connectivity index (χ4n) is 3.20. The van der Waals surface area contributed by atoms with E-state index in [1.54, 1.807) is 37.4 Å². The number of aryl methyl sites for hydroxylation is 1. The highest BCUT2D eigenvalue weighted by Gasteiger charge is 2.16. The standard InChI is InChI=1S/C22H25N3O3/c1-3-4-5-7-12-16-13-17(28-2)14-18-19(16)23-22(27)20(18)24-25-21(26)15-10-8-6-9-11-15/h6,8-11,13-14,23,27H,3-5,7,12H2,1-2H3. The molecule has 1 aromatic heterocycles. The second-order valence-corrected chi connectivity index (χ2v) is 6.71. The molecule has 0 saturated heterocycles. The average molecular weight is 379 g/mol. The molecule has 1 amide bonds. The summed E-state index contributed by atoms with van der Waals surface area (Å²) in [5, 5.41) is 18.9. The van der Waals surface area contributed by atoms with Crippen LogP contribution in [0.15, 0.2) is 52.7 Å². The molecule has 3 rings (SSSR count). The molecular weight excluding hydrogens is 354 g/mol. The molecule has 0 unspecified atom stereocenters. The van der Waals surface area contributed by atoms with Crippen LogP contribution in [0.25, 0.3) is 10.9 Å². The molecule has 0 saturated carbocycles. The lowest BCUT2D eigenvalue weighted by Crippen LogP contribution is -1.92. The number of nitrogens with one attached hydrogen (secondary N) is 1. The monoisotopic (exact) mass is 379 g/mol. The number of hydrogen-bond acceptors (Lipinski definition) is 4. The van der Waals surface area contributed by atoms with Crippen molar-refractivity contribution in [2.75, 3.05) is 7.11 Å². The lowest BCUT2D eigenvalue weighted by Gasteiger charge is -2.07. The van der Waals surface area contributed by atoms with E-state index >= 15 is 0 Å². The molecule has 1 heterocycles. The van der Waals surface area contributed by atoms with Crippen LogP contribution in [0.1, 0.15) is 48.5 Å². The van der Waals surface area contributed by atoms with E-state index in [0.717, 1.165) is 30.3 Å². The fraction of sp³-hybridized carbons (Fsp3) is 0.318. The van der Waals surface area contributed by atoms with Gasteiger partial charge in [-0.05, 0) is 42.7 Å². The second kappa shape index (κ2) is 9.17. The molecule has 6 heteroatoms. The van der Waals surface area contributed by atoms with Crippen LogP contribution in [0.3, 0.4) is 0 Å². The maximum absolute atomic E-state index is 12.2. The Morgan fingerprint density at radius 1 is 1.14 bits per heavy atom. The number of rotatable bonds is 8. The van der Waals surface area contributed by atoms with Gasteiger partial charge in [0, 0.05) is 10.9 Å². The van der Waals surface area contributed by atoms with E-state index in [0.29, 0.717) is 16.7 Å². The molecule has 0 atom stereocenters. The summed E-state index contributed by atoms with van der Waals surface area (Å²) in [5.74, 6) is 0.113. The van der Waals surface area contributed by atoms with Crippen LogP contribution in [0, 0.1) is 0 Å². The van der Waals surface area contributed by atoms with E-state index in [-0.39, 0.29) is 11.6 Å². The molecule has 0 radical (unpaired) electrons.